The van der Waals surface area contributed by atoms with Crippen molar-refractivity contribution in [3.05, 3.63) is 18.2 Å². The molecule has 1 fully saturated rings. The van der Waals surface area contributed by atoms with Crippen LogP contribution in [0.3, 0.4) is 0 Å². The van der Waals surface area contributed by atoms with Crippen LogP contribution in [-0.2, 0) is 21.5 Å². The molecule has 0 aromatic carbocycles. The summed E-state index contributed by atoms with van der Waals surface area (Å²) < 4.78 is 27.2. The van der Waals surface area contributed by atoms with Gasteiger partial charge in [-0.1, -0.05) is 0 Å². The molecule has 1 aromatic rings. The van der Waals surface area contributed by atoms with Gasteiger partial charge in [-0.25, -0.2) is 4.98 Å². The highest BCUT2D eigenvalue weighted by Crippen LogP contribution is 2.21. The van der Waals surface area contributed by atoms with Gasteiger partial charge in [-0.15, -0.1) is 0 Å². The van der Waals surface area contributed by atoms with Gasteiger partial charge in [0.1, 0.15) is 5.82 Å². The second-order valence-electron chi connectivity index (χ2n) is 4.81. The molecular weight excluding hydrogens is 284 g/mol. The molecule has 1 aliphatic rings. The Bertz CT molecular complexity index is 549. The maximum atomic E-state index is 12.4. The Labute approximate surface area is 117 Å². The van der Waals surface area contributed by atoms with Crippen molar-refractivity contribution in [3.8, 4) is 0 Å². The van der Waals surface area contributed by atoms with Crippen molar-refractivity contribution in [2.45, 2.75) is 19.4 Å². The zero-order valence-corrected chi connectivity index (χ0v) is 12.0. The fourth-order valence-corrected chi connectivity index (χ4v) is 3.56. The Morgan fingerprint density at radius 3 is 2.70 bits per heavy atom. The number of rotatable bonds is 5. The molecule has 0 radical (unpaired) electrons. The third-order valence-electron chi connectivity index (χ3n) is 3.45. The summed E-state index contributed by atoms with van der Waals surface area (Å²) in [4.78, 5) is 17.7. The van der Waals surface area contributed by atoms with Crippen LogP contribution in [0.5, 0.6) is 0 Å². The Kier molecular flexibility index (Phi) is 4.41. The first kappa shape index (κ1) is 14.9. The molecule has 0 atom stereocenters. The number of H-pyrrole nitrogens is 1. The molecule has 0 spiro atoms. The maximum absolute atomic E-state index is 12.4. The molecule has 112 valence electrons. The van der Waals surface area contributed by atoms with Crippen LogP contribution in [-0.4, -0.2) is 58.2 Å². The molecule has 2 N–H and O–H groups in total. The van der Waals surface area contributed by atoms with Crippen LogP contribution in [0, 0.1) is 5.92 Å². The highest BCUT2D eigenvalue weighted by Gasteiger charge is 2.33. The lowest BCUT2D eigenvalue weighted by atomic mass is 9.99. The van der Waals surface area contributed by atoms with E-state index >= 15 is 0 Å². The highest BCUT2D eigenvalue weighted by atomic mass is 32.2. The average molecular weight is 302 g/mol. The number of aromatic amines is 1. The zero-order valence-electron chi connectivity index (χ0n) is 11.2. The fourth-order valence-electron chi connectivity index (χ4n) is 2.21. The van der Waals surface area contributed by atoms with Gasteiger partial charge in [0.15, 0.2) is 0 Å². The minimum atomic E-state index is -3.57. The average Bonchev–Trinajstić information content (AvgIpc) is 2.91. The fraction of sp³-hybridized carbons (Fsp3) is 0.636. The number of aromatic nitrogens is 2. The summed E-state index contributed by atoms with van der Waals surface area (Å²) >= 11 is 0. The number of carboxylic acids is 1. The van der Waals surface area contributed by atoms with Crippen molar-refractivity contribution in [2.24, 2.45) is 5.92 Å². The second kappa shape index (κ2) is 5.90. The van der Waals surface area contributed by atoms with Gasteiger partial charge in [-0.05, 0) is 12.8 Å². The third kappa shape index (κ3) is 3.17. The molecule has 1 aliphatic heterocycles. The van der Waals surface area contributed by atoms with Crippen molar-refractivity contribution < 1.29 is 18.3 Å². The Balaban J connectivity index is 1.98. The number of carboxylic acid groups (broad SMARTS) is 1. The van der Waals surface area contributed by atoms with E-state index in [2.05, 4.69) is 9.97 Å². The normalized spacial score (nSPS) is 18.5. The summed E-state index contributed by atoms with van der Waals surface area (Å²) in [6.45, 7) is 0.637. The number of hydrogen-bond acceptors (Lipinski definition) is 4. The van der Waals surface area contributed by atoms with Crippen molar-refractivity contribution in [3.63, 3.8) is 0 Å². The molecule has 20 heavy (non-hydrogen) atoms. The van der Waals surface area contributed by atoms with Crippen molar-refractivity contribution in [1.29, 1.82) is 0 Å². The number of aliphatic carboxylic acids is 1. The van der Waals surface area contributed by atoms with E-state index in [1.165, 1.54) is 15.7 Å². The van der Waals surface area contributed by atoms with E-state index in [9.17, 15) is 13.2 Å². The quantitative estimate of drug-likeness (QED) is 0.789. The molecule has 1 aromatic heterocycles. The van der Waals surface area contributed by atoms with E-state index in [-0.39, 0.29) is 19.6 Å². The summed E-state index contributed by atoms with van der Waals surface area (Å²) in [6, 6.07) is 0. The van der Waals surface area contributed by atoms with Crippen LogP contribution < -0.4 is 0 Å². The Morgan fingerprint density at radius 1 is 1.55 bits per heavy atom. The molecule has 0 bridgehead atoms. The van der Waals surface area contributed by atoms with Crippen LogP contribution in [0.25, 0.3) is 0 Å². The lowest BCUT2D eigenvalue weighted by molar-refractivity contribution is -0.142. The molecule has 2 rings (SSSR count). The number of hydrogen-bond donors (Lipinski definition) is 2. The van der Waals surface area contributed by atoms with E-state index in [1.54, 1.807) is 12.4 Å². The maximum Gasteiger partial charge on any atom is 0.306 e. The number of imidazole rings is 1. The largest absolute Gasteiger partial charge is 0.481 e. The van der Waals surface area contributed by atoms with Gasteiger partial charge < -0.3 is 10.1 Å². The summed E-state index contributed by atoms with van der Waals surface area (Å²) in [5, 5.41) is 8.92. The van der Waals surface area contributed by atoms with Crippen molar-refractivity contribution in [1.82, 2.24) is 18.6 Å². The van der Waals surface area contributed by atoms with Crippen molar-refractivity contribution >= 4 is 16.2 Å². The van der Waals surface area contributed by atoms with E-state index in [1.807, 2.05) is 0 Å². The van der Waals surface area contributed by atoms with Gasteiger partial charge in [-0.2, -0.15) is 17.0 Å². The van der Waals surface area contributed by atoms with Gasteiger partial charge in [-0.3, -0.25) is 4.79 Å². The van der Waals surface area contributed by atoms with Crippen LogP contribution in [0.2, 0.25) is 0 Å². The SMILES string of the molecule is CN(Cc1ncc[nH]1)S(=O)(=O)N1CCC(C(=O)O)CC1. The summed E-state index contributed by atoms with van der Waals surface area (Å²) in [7, 11) is -2.09. The monoisotopic (exact) mass is 302 g/mol. The number of piperidine rings is 1. The summed E-state index contributed by atoms with van der Waals surface area (Å²) in [5.41, 5.74) is 0. The second-order valence-corrected chi connectivity index (χ2v) is 6.85. The number of carbonyl (C=O) groups is 1. The number of nitrogens with one attached hydrogen (secondary N) is 1. The predicted molar refractivity (Wildman–Crippen MR) is 70.9 cm³/mol. The molecule has 0 unspecified atom stereocenters. The van der Waals surface area contributed by atoms with E-state index < -0.39 is 22.1 Å². The third-order valence-corrected chi connectivity index (χ3v) is 5.39. The molecular formula is C11H18N4O4S. The first-order valence-corrected chi connectivity index (χ1v) is 7.73. The predicted octanol–water partition coefficient (Wildman–Crippen LogP) is -0.117. The molecule has 1 saturated heterocycles. The molecule has 2 heterocycles. The summed E-state index contributed by atoms with van der Waals surface area (Å²) in [5.74, 6) is -0.737. The Morgan fingerprint density at radius 2 is 2.20 bits per heavy atom. The lowest BCUT2D eigenvalue weighted by Crippen LogP contribution is -2.46. The van der Waals surface area contributed by atoms with Gasteiger partial charge in [0, 0.05) is 32.5 Å². The van der Waals surface area contributed by atoms with Gasteiger partial charge in [0.05, 0.1) is 12.5 Å². The van der Waals surface area contributed by atoms with E-state index in [0.29, 0.717) is 18.7 Å². The minimum absolute atomic E-state index is 0.161. The highest BCUT2D eigenvalue weighted by molar-refractivity contribution is 7.86. The van der Waals surface area contributed by atoms with Crippen LogP contribution >= 0.6 is 0 Å². The smallest absolute Gasteiger partial charge is 0.306 e. The van der Waals surface area contributed by atoms with Crippen LogP contribution in [0.4, 0.5) is 0 Å². The molecule has 8 nitrogen and oxygen atoms in total. The van der Waals surface area contributed by atoms with Crippen LogP contribution in [0.1, 0.15) is 18.7 Å². The Hall–Kier alpha value is -1.45. The summed E-state index contributed by atoms with van der Waals surface area (Å²) in [6.07, 6.45) is 3.90. The van der Waals surface area contributed by atoms with Crippen molar-refractivity contribution in [2.75, 3.05) is 20.1 Å². The first-order chi connectivity index (χ1) is 9.41. The molecule has 0 amide bonds. The van der Waals surface area contributed by atoms with E-state index in [0.717, 1.165) is 0 Å². The standard InChI is InChI=1S/C11H18N4O4S/c1-14(8-10-12-4-5-13-10)20(18,19)15-6-2-9(3-7-15)11(16)17/h4-5,9H,2-3,6-8H2,1H3,(H,12,13)(H,16,17). The van der Waals surface area contributed by atoms with Crippen LogP contribution in [0.15, 0.2) is 12.4 Å². The van der Waals surface area contributed by atoms with E-state index in [4.69, 9.17) is 5.11 Å². The molecule has 9 heteroatoms. The topological polar surface area (TPSA) is 107 Å². The first-order valence-electron chi connectivity index (χ1n) is 6.33. The van der Waals surface area contributed by atoms with Gasteiger partial charge in [0.25, 0.3) is 10.2 Å². The lowest BCUT2D eigenvalue weighted by Gasteiger charge is -2.32. The zero-order chi connectivity index (χ0) is 14.8. The molecule has 0 aliphatic carbocycles. The number of nitrogens with zero attached hydrogens (tertiary/aromatic N) is 3. The minimum Gasteiger partial charge on any atom is -0.481 e. The van der Waals surface area contributed by atoms with Gasteiger partial charge >= 0.3 is 5.97 Å². The van der Waals surface area contributed by atoms with Gasteiger partial charge in [0.2, 0.25) is 0 Å². The molecule has 0 saturated carbocycles.